The van der Waals surface area contributed by atoms with E-state index >= 15 is 0 Å². The molecule has 0 unspecified atom stereocenters. The zero-order chi connectivity index (χ0) is 18.4. The van der Waals surface area contributed by atoms with Gasteiger partial charge in [0.15, 0.2) is 6.61 Å². The molecule has 1 aliphatic heterocycles. The van der Waals surface area contributed by atoms with Crippen LogP contribution in [0.4, 0.5) is 11.5 Å². The van der Waals surface area contributed by atoms with Gasteiger partial charge < -0.3 is 20.7 Å². The maximum absolute atomic E-state index is 12.3. The monoisotopic (exact) mass is 354 g/mol. The number of aromatic nitrogens is 1. The number of piperidine rings is 1. The lowest BCUT2D eigenvalue weighted by atomic mass is 10.1. The Morgan fingerprint density at radius 1 is 1.08 bits per heavy atom. The lowest BCUT2D eigenvalue weighted by Gasteiger charge is -2.28. The Morgan fingerprint density at radius 3 is 2.42 bits per heavy atom. The molecule has 1 aromatic heterocycles. The van der Waals surface area contributed by atoms with Crippen molar-refractivity contribution >= 4 is 23.3 Å². The van der Waals surface area contributed by atoms with E-state index in [-0.39, 0.29) is 12.5 Å². The molecule has 1 aliphatic rings. The molecule has 0 bridgehead atoms. The van der Waals surface area contributed by atoms with Gasteiger partial charge in [-0.05, 0) is 55.7 Å². The Kier molecular flexibility index (Phi) is 5.68. The highest BCUT2D eigenvalue weighted by Crippen LogP contribution is 2.20. The van der Waals surface area contributed by atoms with Crippen molar-refractivity contribution in [2.75, 3.05) is 29.9 Å². The summed E-state index contributed by atoms with van der Waals surface area (Å²) in [5.74, 6) is 0.171. The maximum Gasteiger partial charge on any atom is 0.256 e. The lowest BCUT2D eigenvalue weighted by molar-refractivity contribution is -0.119. The minimum absolute atomic E-state index is 0.196. The van der Waals surface area contributed by atoms with Gasteiger partial charge in [0.1, 0.15) is 11.6 Å². The number of benzene rings is 1. The molecule has 7 heteroatoms. The Balaban J connectivity index is 1.57. The number of carbonyl (C=O) groups excluding carboxylic acids is 2. The molecule has 1 aromatic carbocycles. The first-order valence-electron chi connectivity index (χ1n) is 8.65. The van der Waals surface area contributed by atoms with Crippen LogP contribution in [0.25, 0.3) is 0 Å². The normalized spacial score (nSPS) is 13.9. The number of nitrogens with one attached hydrogen (secondary N) is 1. The van der Waals surface area contributed by atoms with E-state index in [0.29, 0.717) is 17.1 Å². The van der Waals surface area contributed by atoms with Crippen LogP contribution < -0.4 is 20.7 Å². The highest BCUT2D eigenvalue weighted by Gasteiger charge is 2.12. The number of carbonyl (C=O) groups is 2. The molecule has 7 nitrogen and oxygen atoms in total. The van der Waals surface area contributed by atoms with Crippen LogP contribution in [0.2, 0.25) is 0 Å². The average Bonchev–Trinajstić information content (AvgIpc) is 2.68. The minimum Gasteiger partial charge on any atom is -0.484 e. The first-order chi connectivity index (χ1) is 12.6. The molecule has 0 saturated carbocycles. The predicted molar refractivity (Wildman–Crippen MR) is 99.4 cm³/mol. The van der Waals surface area contributed by atoms with Crippen LogP contribution in [0.3, 0.4) is 0 Å². The number of hydrogen-bond acceptors (Lipinski definition) is 5. The fourth-order valence-corrected chi connectivity index (χ4v) is 2.84. The molecule has 0 atom stereocenters. The molecule has 2 aromatic rings. The smallest absolute Gasteiger partial charge is 0.256 e. The van der Waals surface area contributed by atoms with Crippen molar-refractivity contribution in [2.45, 2.75) is 19.3 Å². The Bertz CT molecular complexity index is 753. The van der Waals surface area contributed by atoms with Gasteiger partial charge in [-0.3, -0.25) is 9.59 Å². The predicted octanol–water partition coefficient (Wildman–Crippen LogP) is 2.19. The third-order valence-corrected chi connectivity index (χ3v) is 4.21. The zero-order valence-corrected chi connectivity index (χ0v) is 14.5. The zero-order valence-electron chi connectivity index (χ0n) is 14.5. The minimum atomic E-state index is -0.550. The highest BCUT2D eigenvalue weighted by atomic mass is 16.5. The third-order valence-electron chi connectivity index (χ3n) is 4.21. The summed E-state index contributed by atoms with van der Waals surface area (Å²) in [7, 11) is 0. The number of nitrogens with two attached hydrogens (primary N) is 1. The van der Waals surface area contributed by atoms with E-state index in [0.717, 1.165) is 18.8 Å². The van der Waals surface area contributed by atoms with Gasteiger partial charge in [-0.15, -0.1) is 0 Å². The summed E-state index contributed by atoms with van der Waals surface area (Å²) in [6, 6.07) is 10.3. The second-order valence-corrected chi connectivity index (χ2v) is 6.18. The molecule has 3 rings (SSSR count). The van der Waals surface area contributed by atoms with Crippen molar-refractivity contribution in [3.8, 4) is 5.75 Å². The number of anilines is 2. The molecular weight excluding hydrogens is 332 g/mol. The van der Waals surface area contributed by atoms with Crippen LogP contribution in [0.15, 0.2) is 42.6 Å². The Hall–Kier alpha value is -3.09. The van der Waals surface area contributed by atoms with Gasteiger partial charge in [0, 0.05) is 18.7 Å². The summed E-state index contributed by atoms with van der Waals surface area (Å²) in [5.41, 5.74) is 6.58. The summed E-state index contributed by atoms with van der Waals surface area (Å²) in [6.07, 6.45) is 5.49. The van der Waals surface area contributed by atoms with Crippen molar-refractivity contribution in [2.24, 2.45) is 5.73 Å². The van der Waals surface area contributed by atoms with Crippen LogP contribution in [-0.2, 0) is 4.79 Å². The van der Waals surface area contributed by atoms with Crippen molar-refractivity contribution in [1.82, 2.24) is 4.98 Å². The van der Waals surface area contributed by atoms with E-state index in [1.165, 1.54) is 19.3 Å². The Labute approximate surface area is 152 Å². The van der Waals surface area contributed by atoms with Crippen LogP contribution in [-0.4, -0.2) is 36.5 Å². The number of pyridine rings is 1. The van der Waals surface area contributed by atoms with E-state index in [1.54, 1.807) is 30.5 Å². The first kappa shape index (κ1) is 17.7. The van der Waals surface area contributed by atoms with E-state index in [9.17, 15) is 9.59 Å². The number of ether oxygens (including phenoxy) is 1. The molecular formula is C19H22N4O3. The number of hydrogen-bond donors (Lipinski definition) is 2. The lowest BCUT2D eigenvalue weighted by Crippen LogP contribution is -2.29. The molecule has 0 spiro atoms. The third kappa shape index (κ3) is 4.72. The second kappa shape index (κ2) is 8.33. The van der Waals surface area contributed by atoms with Gasteiger partial charge in [0.05, 0.1) is 11.9 Å². The van der Waals surface area contributed by atoms with Crippen molar-refractivity contribution < 1.29 is 14.3 Å². The quantitative estimate of drug-likeness (QED) is 0.829. The van der Waals surface area contributed by atoms with Gasteiger partial charge in [0.25, 0.3) is 11.8 Å². The van der Waals surface area contributed by atoms with Crippen LogP contribution >= 0.6 is 0 Å². The van der Waals surface area contributed by atoms with Crippen molar-refractivity contribution in [3.63, 3.8) is 0 Å². The summed E-state index contributed by atoms with van der Waals surface area (Å²) in [5, 5.41) is 2.77. The molecule has 0 aliphatic carbocycles. The first-order valence-corrected chi connectivity index (χ1v) is 8.65. The Morgan fingerprint density at radius 2 is 1.81 bits per heavy atom. The topological polar surface area (TPSA) is 97.6 Å². The fourth-order valence-electron chi connectivity index (χ4n) is 2.84. The van der Waals surface area contributed by atoms with Gasteiger partial charge in [-0.1, -0.05) is 0 Å². The molecule has 2 amide bonds. The molecule has 2 heterocycles. The van der Waals surface area contributed by atoms with Gasteiger partial charge in [0.2, 0.25) is 0 Å². The molecule has 3 N–H and O–H groups in total. The van der Waals surface area contributed by atoms with E-state index < -0.39 is 5.91 Å². The molecule has 136 valence electrons. The van der Waals surface area contributed by atoms with Crippen LogP contribution in [0.5, 0.6) is 5.75 Å². The number of primary amides is 1. The van der Waals surface area contributed by atoms with Crippen LogP contribution in [0, 0.1) is 0 Å². The number of amides is 2. The molecule has 26 heavy (non-hydrogen) atoms. The standard InChI is InChI=1S/C19H22N4O3/c20-17(24)13-26-16-7-4-14(5-8-16)19(25)22-18-9-6-15(12-21-18)23-10-2-1-3-11-23/h4-9,12H,1-3,10-11,13H2,(H2,20,24)(H,21,22,25). The summed E-state index contributed by atoms with van der Waals surface area (Å²) in [6.45, 7) is 1.91. The highest BCUT2D eigenvalue weighted by molar-refractivity contribution is 6.03. The SMILES string of the molecule is NC(=O)COc1ccc(C(=O)Nc2ccc(N3CCCCC3)cn2)cc1. The van der Waals surface area contributed by atoms with Gasteiger partial charge in [-0.2, -0.15) is 0 Å². The summed E-state index contributed by atoms with van der Waals surface area (Å²) in [4.78, 5) is 29.6. The molecule has 1 fully saturated rings. The number of nitrogens with zero attached hydrogens (tertiary/aromatic N) is 2. The van der Waals surface area contributed by atoms with E-state index in [1.807, 2.05) is 12.1 Å². The van der Waals surface area contributed by atoms with E-state index in [4.69, 9.17) is 10.5 Å². The van der Waals surface area contributed by atoms with Gasteiger partial charge in [-0.25, -0.2) is 4.98 Å². The van der Waals surface area contributed by atoms with Crippen molar-refractivity contribution in [3.05, 3.63) is 48.2 Å². The largest absolute Gasteiger partial charge is 0.484 e. The maximum atomic E-state index is 12.3. The second-order valence-electron chi connectivity index (χ2n) is 6.18. The average molecular weight is 354 g/mol. The van der Waals surface area contributed by atoms with Crippen molar-refractivity contribution in [1.29, 1.82) is 0 Å². The number of rotatable bonds is 6. The molecule has 1 saturated heterocycles. The van der Waals surface area contributed by atoms with Crippen LogP contribution in [0.1, 0.15) is 29.6 Å². The molecule has 0 radical (unpaired) electrons. The summed E-state index contributed by atoms with van der Waals surface area (Å²) >= 11 is 0. The fraction of sp³-hybridized carbons (Fsp3) is 0.316. The van der Waals surface area contributed by atoms with Gasteiger partial charge >= 0.3 is 0 Å². The summed E-state index contributed by atoms with van der Waals surface area (Å²) < 4.78 is 5.17. The van der Waals surface area contributed by atoms with E-state index in [2.05, 4.69) is 15.2 Å².